The number of carboxylic acids is 1. The van der Waals surface area contributed by atoms with Crippen LogP contribution in [0, 0.1) is 5.92 Å². The molecule has 122 valence electrons. The number of hydrogen-bond acceptors (Lipinski definition) is 4. The highest BCUT2D eigenvalue weighted by Crippen LogP contribution is 2.21. The maximum atomic E-state index is 12.2. The zero-order chi connectivity index (χ0) is 15.4. The Morgan fingerprint density at radius 2 is 2.00 bits per heavy atom. The number of carbonyl (C=O) groups is 2. The first-order valence-electron chi connectivity index (χ1n) is 6.93. The van der Waals surface area contributed by atoms with E-state index in [1.165, 1.54) is 0 Å². The summed E-state index contributed by atoms with van der Waals surface area (Å²) in [6.45, 7) is 2.90. The number of nitrogens with zero attached hydrogens (tertiary/aromatic N) is 1. The number of aliphatic carboxylic acids is 1. The van der Waals surface area contributed by atoms with Gasteiger partial charge in [-0.15, -0.1) is 24.2 Å². The fraction of sp³-hybridized carbons (Fsp3) is 0.467. The van der Waals surface area contributed by atoms with Crippen molar-refractivity contribution in [1.82, 2.24) is 4.90 Å². The average molecular weight is 345 g/mol. The van der Waals surface area contributed by atoms with Gasteiger partial charge in [0.15, 0.2) is 0 Å². The number of hydrogen-bond donors (Lipinski definition) is 2. The molecule has 2 atom stereocenters. The number of thioether (sulfide) groups is 1. The minimum Gasteiger partial charge on any atom is -0.481 e. The van der Waals surface area contributed by atoms with Crippen LogP contribution in [0.4, 0.5) is 5.69 Å². The number of likely N-dealkylation sites (tertiary alicyclic amines) is 1. The van der Waals surface area contributed by atoms with Gasteiger partial charge >= 0.3 is 5.97 Å². The van der Waals surface area contributed by atoms with Gasteiger partial charge in [-0.3, -0.25) is 14.5 Å². The summed E-state index contributed by atoms with van der Waals surface area (Å²) in [5.41, 5.74) is 0.763. The SMILES string of the molecule is CSc1ccc(NC(=O)C(C)N2CCC(C(=O)O)C2)cc1.Cl. The monoisotopic (exact) mass is 344 g/mol. The van der Waals surface area contributed by atoms with E-state index in [4.69, 9.17) is 5.11 Å². The molecule has 0 aromatic heterocycles. The lowest BCUT2D eigenvalue weighted by molar-refractivity contribution is -0.141. The van der Waals surface area contributed by atoms with E-state index in [9.17, 15) is 9.59 Å². The predicted octanol–water partition coefficient (Wildman–Crippen LogP) is 2.56. The third-order valence-corrected chi connectivity index (χ3v) is 4.60. The molecule has 1 amide bonds. The number of amides is 1. The van der Waals surface area contributed by atoms with Crippen LogP contribution in [0.2, 0.25) is 0 Å². The molecule has 0 bridgehead atoms. The largest absolute Gasteiger partial charge is 0.481 e. The molecule has 0 radical (unpaired) electrons. The highest BCUT2D eigenvalue weighted by Gasteiger charge is 2.33. The quantitative estimate of drug-likeness (QED) is 0.803. The summed E-state index contributed by atoms with van der Waals surface area (Å²) in [5.74, 6) is -1.24. The van der Waals surface area contributed by atoms with Crippen LogP contribution in [0.5, 0.6) is 0 Å². The van der Waals surface area contributed by atoms with E-state index in [0.717, 1.165) is 10.6 Å². The number of rotatable bonds is 5. The topological polar surface area (TPSA) is 69.6 Å². The standard InChI is InChI=1S/C15H20N2O3S.ClH/c1-10(17-8-7-11(9-17)15(19)20)14(18)16-12-3-5-13(21-2)6-4-12;/h3-6,10-11H,7-9H2,1-2H3,(H,16,18)(H,19,20);1H. The molecule has 7 heteroatoms. The Kier molecular flexibility index (Phi) is 7.19. The van der Waals surface area contributed by atoms with Gasteiger partial charge in [0, 0.05) is 17.1 Å². The van der Waals surface area contributed by atoms with Gasteiger partial charge < -0.3 is 10.4 Å². The molecule has 5 nitrogen and oxygen atoms in total. The maximum absolute atomic E-state index is 12.2. The minimum atomic E-state index is -0.780. The molecule has 2 rings (SSSR count). The van der Waals surface area contributed by atoms with E-state index in [2.05, 4.69) is 5.32 Å². The summed E-state index contributed by atoms with van der Waals surface area (Å²) < 4.78 is 0. The Balaban J connectivity index is 0.00000242. The molecule has 1 aromatic carbocycles. The van der Waals surface area contributed by atoms with E-state index in [1.54, 1.807) is 11.8 Å². The van der Waals surface area contributed by atoms with E-state index in [1.807, 2.05) is 42.3 Å². The summed E-state index contributed by atoms with van der Waals surface area (Å²) in [6.07, 6.45) is 2.61. The zero-order valence-corrected chi connectivity index (χ0v) is 14.2. The van der Waals surface area contributed by atoms with E-state index in [0.29, 0.717) is 19.5 Å². The fourth-order valence-corrected chi connectivity index (χ4v) is 2.84. The van der Waals surface area contributed by atoms with Crippen molar-refractivity contribution in [3.8, 4) is 0 Å². The van der Waals surface area contributed by atoms with E-state index in [-0.39, 0.29) is 30.3 Å². The van der Waals surface area contributed by atoms with Gasteiger partial charge in [-0.2, -0.15) is 0 Å². The van der Waals surface area contributed by atoms with Gasteiger partial charge in [-0.1, -0.05) is 0 Å². The smallest absolute Gasteiger partial charge is 0.307 e. The molecule has 1 saturated heterocycles. The highest BCUT2D eigenvalue weighted by atomic mass is 35.5. The number of carbonyl (C=O) groups excluding carboxylic acids is 1. The molecule has 1 aromatic rings. The molecule has 0 saturated carbocycles. The molecule has 1 heterocycles. The first-order valence-corrected chi connectivity index (χ1v) is 8.15. The van der Waals surface area contributed by atoms with Gasteiger partial charge in [0.1, 0.15) is 0 Å². The normalized spacial score (nSPS) is 19.3. The van der Waals surface area contributed by atoms with Crippen LogP contribution in [0.15, 0.2) is 29.2 Å². The second-order valence-corrected chi connectivity index (χ2v) is 6.09. The Morgan fingerprint density at radius 3 is 2.50 bits per heavy atom. The second-order valence-electron chi connectivity index (χ2n) is 5.21. The number of halogens is 1. The van der Waals surface area contributed by atoms with Crippen LogP contribution in [0.3, 0.4) is 0 Å². The van der Waals surface area contributed by atoms with Crippen LogP contribution in [0.1, 0.15) is 13.3 Å². The summed E-state index contributed by atoms with van der Waals surface area (Å²) in [4.78, 5) is 26.3. The maximum Gasteiger partial charge on any atom is 0.307 e. The second kappa shape index (κ2) is 8.41. The van der Waals surface area contributed by atoms with Crippen LogP contribution < -0.4 is 5.32 Å². The van der Waals surface area contributed by atoms with Gasteiger partial charge in [-0.25, -0.2) is 0 Å². The Labute approximate surface area is 140 Å². The van der Waals surface area contributed by atoms with Crippen LogP contribution in [-0.2, 0) is 9.59 Å². The highest BCUT2D eigenvalue weighted by molar-refractivity contribution is 7.98. The van der Waals surface area contributed by atoms with Crippen molar-refractivity contribution in [3.05, 3.63) is 24.3 Å². The van der Waals surface area contributed by atoms with E-state index >= 15 is 0 Å². The van der Waals surface area contributed by atoms with Crippen molar-refractivity contribution in [2.24, 2.45) is 5.92 Å². The zero-order valence-electron chi connectivity index (χ0n) is 12.6. The van der Waals surface area contributed by atoms with Crippen molar-refractivity contribution in [2.75, 3.05) is 24.7 Å². The molecule has 2 N–H and O–H groups in total. The van der Waals surface area contributed by atoms with Crippen molar-refractivity contribution < 1.29 is 14.7 Å². The number of nitrogens with one attached hydrogen (secondary N) is 1. The predicted molar refractivity (Wildman–Crippen MR) is 90.9 cm³/mol. The van der Waals surface area contributed by atoms with Crippen molar-refractivity contribution in [3.63, 3.8) is 0 Å². The summed E-state index contributed by atoms with van der Waals surface area (Å²) >= 11 is 1.65. The minimum absolute atomic E-state index is 0. The lowest BCUT2D eigenvalue weighted by Crippen LogP contribution is -2.41. The summed E-state index contributed by atoms with van der Waals surface area (Å²) in [7, 11) is 0. The number of carboxylic acid groups (broad SMARTS) is 1. The Morgan fingerprint density at radius 1 is 1.36 bits per heavy atom. The molecule has 1 aliphatic rings. The van der Waals surface area contributed by atoms with Crippen molar-refractivity contribution in [1.29, 1.82) is 0 Å². The molecule has 0 aliphatic carbocycles. The number of anilines is 1. The molecule has 1 aliphatic heterocycles. The third kappa shape index (κ3) is 4.63. The third-order valence-electron chi connectivity index (χ3n) is 3.85. The molecule has 2 unspecified atom stereocenters. The molecular formula is C15H21ClN2O3S. The van der Waals surface area contributed by atoms with Crippen LogP contribution in [0.25, 0.3) is 0 Å². The number of benzene rings is 1. The lowest BCUT2D eigenvalue weighted by atomic mass is 10.1. The molecule has 1 fully saturated rings. The van der Waals surface area contributed by atoms with Crippen LogP contribution >= 0.6 is 24.2 Å². The molecular weight excluding hydrogens is 324 g/mol. The molecule has 22 heavy (non-hydrogen) atoms. The van der Waals surface area contributed by atoms with Gasteiger partial charge in [0.2, 0.25) is 5.91 Å². The van der Waals surface area contributed by atoms with Crippen molar-refractivity contribution >= 4 is 41.7 Å². The van der Waals surface area contributed by atoms with Gasteiger partial charge in [-0.05, 0) is 50.4 Å². The fourth-order valence-electron chi connectivity index (χ4n) is 2.43. The summed E-state index contributed by atoms with van der Waals surface area (Å²) in [6, 6.07) is 7.35. The first-order chi connectivity index (χ1) is 10.0. The Bertz CT molecular complexity index is 524. The van der Waals surface area contributed by atoms with Gasteiger partial charge in [0.05, 0.1) is 12.0 Å². The van der Waals surface area contributed by atoms with Gasteiger partial charge in [0.25, 0.3) is 0 Å². The Hall–Kier alpha value is -1.24. The molecule has 0 spiro atoms. The van der Waals surface area contributed by atoms with E-state index < -0.39 is 5.97 Å². The summed E-state index contributed by atoms with van der Waals surface area (Å²) in [5, 5.41) is 11.9. The van der Waals surface area contributed by atoms with Crippen molar-refractivity contribution in [2.45, 2.75) is 24.3 Å². The van der Waals surface area contributed by atoms with Crippen LogP contribution in [-0.4, -0.2) is 47.3 Å². The average Bonchev–Trinajstić information content (AvgIpc) is 2.97. The lowest BCUT2D eigenvalue weighted by Gasteiger charge is -2.23. The first kappa shape index (κ1) is 18.8.